The number of rotatable bonds is 5. The van der Waals surface area contributed by atoms with Gasteiger partial charge in [0.15, 0.2) is 17.4 Å². The average molecular weight is 356 g/mol. The lowest BCUT2D eigenvalue weighted by molar-refractivity contribution is 0.0928. The summed E-state index contributed by atoms with van der Waals surface area (Å²) in [6.45, 7) is -0.537. The highest BCUT2D eigenvalue weighted by atomic mass is 16.5. The molecule has 0 bridgehead atoms. The Hall–Kier alpha value is -3.00. The maximum atomic E-state index is 12.4. The molecular weight excluding hydrogens is 336 g/mol. The smallest absolute Gasteiger partial charge is 0.273 e. The Morgan fingerprint density at radius 2 is 2.08 bits per heavy atom. The van der Waals surface area contributed by atoms with Gasteiger partial charge in [-0.05, 0) is 19.3 Å². The topological polar surface area (TPSA) is 132 Å². The predicted octanol–water partition coefficient (Wildman–Crippen LogP) is 2.20. The molecule has 136 valence electrons. The molecule has 2 atom stereocenters. The molecule has 0 saturated heterocycles. The maximum Gasteiger partial charge on any atom is 0.273 e. The first-order valence-corrected chi connectivity index (χ1v) is 8.34. The van der Waals surface area contributed by atoms with Crippen molar-refractivity contribution in [3.8, 4) is 11.3 Å². The normalized spacial score (nSPS) is 19.1. The average Bonchev–Trinajstić information content (AvgIpc) is 3.32. The number of benzene rings is 1. The molecular formula is C18H20N4O4. The first kappa shape index (κ1) is 17.8. The lowest BCUT2D eigenvalue weighted by atomic mass is 10.1. The number of nitrogens with one attached hydrogen (secondary N) is 3. The van der Waals surface area contributed by atoms with Crippen LogP contribution in [0.5, 0.6) is 0 Å². The fourth-order valence-electron chi connectivity index (χ4n) is 2.98. The van der Waals surface area contributed by atoms with Crippen molar-refractivity contribution in [2.75, 3.05) is 6.61 Å². The molecule has 4 N–H and O–H groups in total. The monoisotopic (exact) mass is 356 g/mol. The van der Waals surface area contributed by atoms with Crippen molar-refractivity contribution < 1.29 is 19.2 Å². The lowest BCUT2D eigenvalue weighted by Gasteiger charge is -2.13. The molecule has 8 heteroatoms. The minimum atomic E-state index is -0.537. The van der Waals surface area contributed by atoms with Crippen LogP contribution in [-0.2, 0) is 4.74 Å². The SMILES string of the molecule is N=C(CO)OC(=N)C1CCC(NC(=O)c2cc(-c3ccccc3)on2)C1. The molecule has 8 nitrogen and oxygen atoms in total. The molecule has 0 spiro atoms. The Balaban J connectivity index is 1.55. The van der Waals surface area contributed by atoms with Gasteiger partial charge in [-0.15, -0.1) is 0 Å². The summed E-state index contributed by atoms with van der Waals surface area (Å²) in [5.41, 5.74) is 1.05. The van der Waals surface area contributed by atoms with Crippen LogP contribution in [0.25, 0.3) is 11.3 Å². The Morgan fingerprint density at radius 3 is 2.81 bits per heavy atom. The first-order valence-electron chi connectivity index (χ1n) is 8.34. The van der Waals surface area contributed by atoms with E-state index in [0.29, 0.717) is 25.0 Å². The third kappa shape index (κ3) is 4.15. The van der Waals surface area contributed by atoms with E-state index >= 15 is 0 Å². The Kier molecular flexibility index (Phi) is 5.43. The molecule has 1 fully saturated rings. The molecule has 0 radical (unpaired) electrons. The summed E-state index contributed by atoms with van der Waals surface area (Å²) in [5.74, 6) is -0.369. The second-order valence-electron chi connectivity index (χ2n) is 6.17. The van der Waals surface area contributed by atoms with E-state index in [1.54, 1.807) is 6.07 Å². The standard InChI is InChI=1S/C18H20N4O4/c19-16(10-23)25-17(20)12-6-7-13(8-12)21-18(24)14-9-15(26-22-14)11-4-2-1-3-5-11/h1-5,9,12-13,19-20,23H,6-8,10H2,(H,21,24). The van der Waals surface area contributed by atoms with Gasteiger partial charge >= 0.3 is 0 Å². The zero-order chi connectivity index (χ0) is 18.5. The number of aromatic nitrogens is 1. The number of hydrogen-bond acceptors (Lipinski definition) is 7. The summed E-state index contributed by atoms with van der Waals surface area (Å²) in [5, 5.41) is 30.6. The summed E-state index contributed by atoms with van der Waals surface area (Å²) >= 11 is 0. The van der Waals surface area contributed by atoms with Crippen LogP contribution in [-0.4, -0.2) is 40.6 Å². The fraction of sp³-hybridized carbons (Fsp3) is 0.333. The van der Waals surface area contributed by atoms with Crippen LogP contribution >= 0.6 is 0 Å². The fourth-order valence-corrected chi connectivity index (χ4v) is 2.98. The number of carbonyl (C=O) groups is 1. The van der Waals surface area contributed by atoms with E-state index in [-0.39, 0.29) is 35.4 Å². The molecule has 1 aliphatic carbocycles. The van der Waals surface area contributed by atoms with Gasteiger partial charge in [0.25, 0.3) is 5.91 Å². The Morgan fingerprint density at radius 1 is 1.31 bits per heavy atom. The Labute approximate surface area is 150 Å². The summed E-state index contributed by atoms with van der Waals surface area (Å²) in [4.78, 5) is 12.4. The van der Waals surface area contributed by atoms with Crippen LogP contribution < -0.4 is 5.32 Å². The summed E-state index contributed by atoms with van der Waals surface area (Å²) in [6, 6.07) is 10.9. The molecule has 0 aliphatic heterocycles. The van der Waals surface area contributed by atoms with Gasteiger partial charge in [-0.2, -0.15) is 0 Å². The third-order valence-electron chi connectivity index (χ3n) is 4.32. The van der Waals surface area contributed by atoms with E-state index in [9.17, 15) is 4.79 Å². The summed E-state index contributed by atoms with van der Waals surface area (Å²) < 4.78 is 10.2. The van der Waals surface area contributed by atoms with Gasteiger partial charge in [0, 0.05) is 23.6 Å². The number of amides is 1. The van der Waals surface area contributed by atoms with Crippen LogP contribution in [0.3, 0.4) is 0 Å². The minimum Gasteiger partial charge on any atom is -0.427 e. The molecule has 3 rings (SSSR count). The van der Waals surface area contributed by atoms with E-state index in [1.807, 2.05) is 30.3 Å². The second-order valence-corrected chi connectivity index (χ2v) is 6.17. The van der Waals surface area contributed by atoms with E-state index in [4.69, 9.17) is 25.2 Å². The van der Waals surface area contributed by atoms with Gasteiger partial charge in [0.1, 0.15) is 6.61 Å². The first-order chi connectivity index (χ1) is 12.6. The molecule has 1 aliphatic rings. The van der Waals surface area contributed by atoms with Gasteiger partial charge in [-0.1, -0.05) is 35.5 Å². The largest absolute Gasteiger partial charge is 0.427 e. The number of ether oxygens (including phenoxy) is 1. The molecule has 26 heavy (non-hydrogen) atoms. The molecule has 1 amide bonds. The molecule has 1 saturated carbocycles. The van der Waals surface area contributed by atoms with Gasteiger partial charge in [0.05, 0.1) is 0 Å². The van der Waals surface area contributed by atoms with Crippen LogP contribution in [0, 0.1) is 16.7 Å². The van der Waals surface area contributed by atoms with Gasteiger partial charge < -0.3 is 19.7 Å². The molecule has 1 aromatic carbocycles. The number of carbonyl (C=O) groups excluding carboxylic acids is 1. The van der Waals surface area contributed by atoms with E-state index in [0.717, 1.165) is 5.56 Å². The highest BCUT2D eigenvalue weighted by Crippen LogP contribution is 2.27. The highest BCUT2D eigenvalue weighted by molar-refractivity contribution is 5.93. The van der Waals surface area contributed by atoms with E-state index < -0.39 is 6.61 Å². The van der Waals surface area contributed by atoms with Crippen molar-refractivity contribution >= 4 is 17.7 Å². The van der Waals surface area contributed by atoms with E-state index in [2.05, 4.69) is 10.5 Å². The van der Waals surface area contributed by atoms with Crippen molar-refractivity contribution in [1.29, 1.82) is 10.8 Å². The molecule has 2 aromatic rings. The highest BCUT2D eigenvalue weighted by Gasteiger charge is 2.31. The minimum absolute atomic E-state index is 0.0476. The maximum absolute atomic E-state index is 12.4. The van der Waals surface area contributed by atoms with Gasteiger partial charge in [0.2, 0.25) is 5.90 Å². The summed E-state index contributed by atoms with van der Waals surface area (Å²) in [7, 11) is 0. The van der Waals surface area contributed by atoms with Gasteiger partial charge in [-0.25, -0.2) is 0 Å². The zero-order valence-corrected chi connectivity index (χ0v) is 14.1. The Bertz CT molecular complexity index is 803. The zero-order valence-electron chi connectivity index (χ0n) is 14.1. The number of aliphatic hydroxyl groups excluding tert-OH is 1. The van der Waals surface area contributed by atoms with Crippen molar-refractivity contribution in [2.24, 2.45) is 5.92 Å². The quantitative estimate of drug-likeness (QED) is 0.481. The van der Waals surface area contributed by atoms with Crippen LogP contribution in [0.1, 0.15) is 29.8 Å². The van der Waals surface area contributed by atoms with Gasteiger partial charge in [-0.3, -0.25) is 15.6 Å². The molecule has 2 unspecified atom stereocenters. The van der Waals surface area contributed by atoms with E-state index in [1.165, 1.54) is 0 Å². The van der Waals surface area contributed by atoms with Crippen molar-refractivity contribution in [2.45, 2.75) is 25.3 Å². The summed E-state index contributed by atoms with van der Waals surface area (Å²) in [6.07, 6.45) is 1.93. The molecule has 1 aromatic heterocycles. The third-order valence-corrected chi connectivity index (χ3v) is 4.32. The number of hydrogen-bond donors (Lipinski definition) is 4. The molecule has 1 heterocycles. The van der Waals surface area contributed by atoms with Crippen LogP contribution in [0.15, 0.2) is 40.9 Å². The predicted molar refractivity (Wildman–Crippen MR) is 94.2 cm³/mol. The number of aliphatic hydroxyl groups is 1. The van der Waals surface area contributed by atoms with Crippen molar-refractivity contribution in [3.05, 3.63) is 42.1 Å². The van der Waals surface area contributed by atoms with Crippen molar-refractivity contribution in [3.63, 3.8) is 0 Å². The lowest BCUT2D eigenvalue weighted by Crippen LogP contribution is -2.33. The second kappa shape index (κ2) is 7.92. The van der Waals surface area contributed by atoms with Crippen molar-refractivity contribution in [1.82, 2.24) is 10.5 Å². The van der Waals surface area contributed by atoms with Crippen LogP contribution in [0.2, 0.25) is 0 Å². The number of nitrogens with zero attached hydrogens (tertiary/aromatic N) is 1. The van der Waals surface area contributed by atoms with Crippen LogP contribution in [0.4, 0.5) is 0 Å².